The number of benzene rings is 1. The van der Waals surface area contributed by atoms with E-state index >= 15 is 0 Å². The van der Waals surface area contributed by atoms with Gasteiger partial charge in [0.2, 0.25) is 5.91 Å². The quantitative estimate of drug-likeness (QED) is 0.881. The summed E-state index contributed by atoms with van der Waals surface area (Å²) in [5, 5.41) is 12.2. The molecule has 1 aromatic rings. The second-order valence-corrected chi connectivity index (χ2v) is 4.72. The molecular formula is C11H10Cl2N2O. The van der Waals surface area contributed by atoms with E-state index < -0.39 is 11.3 Å². The minimum atomic E-state index is -1.09. The Kier molecular flexibility index (Phi) is 3.79. The Bertz CT molecular complexity index is 443. The molecule has 84 valence electrons. The summed E-state index contributed by atoms with van der Waals surface area (Å²) in [6.07, 6.45) is 0. The first kappa shape index (κ1) is 12.8. The van der Waals surface area contributed by atoms with Gasteiger partial charge in [0, 0.05) is 15.7 Å². The molecule has 1 amide bonds. The molecule has 16 heavy (non-hydrogen) atoms. The van der Waals surface area contributed by atoms with Crippen LogP contribution >= 0.6 is 23.2 Å². The van der Waals surface area contributed by atoms with Crippen LogP contribution in [0.15, 0.2) is 18.2 Å². The van der Waals surface area contributed by atoms with E-state index in [4.69, 9.17) is 28.5 Å². The summed E-state index contributed by atoms with van der Waals surface area (Å²) in [5.41, 5.74) is -0.611. The summed E-state index contributed by atoms with van der Waals surface area (Å²) in [4.78, 5) is 11.7. The van der Waals surface area contributed by atoms with E-state index in [1.165, 1.54) is 13.8 Å². The lowest BCUT2D eigenvalue weighted by Gasteiger charge is -2.15. The Hall–Kier alpha value is -1.24. The van der Waals surface area contributed by atoms with E-state index in [0.717, 1.165) is 0 Å². The van der Waals surface area contributed by atoms with Crippen LogP contribution in [0.5, 0.6) is 0 Å². The molecule has 0 aliphatic heterocycles. The van der Waals surface area contributed by atoms with Crippen molar-refractivity contribution in [3.8, 4) is 6.07 Å². The van der Waals surface area contributed by atoms with Crippen LogP contribution in [0.3, 0.4) is 0 Å². The first-order valence-corrected chi connectivity index (χ1v) is 5.29. The van der Waals surface area contributed by atoms with Gasteiger partial charge < -0.3 is 5.32 Å². The average Bonchev–Trinajstić information content (AvgIpc) is 2.15. The Morgan fingerprint density at radius 1 is 1.31 bits per heavy atom. The largest absolute Gasteiger partial charge is 0.325 e. The zero-order valence-electron chi connectivity index (χ0n) is 8.84. The Morgan fingerprint density at radius 3 is 2.25 bits per heavy atom. The van der Waals surface area contributed by atoms with Crippen LogP contribution in [0.2, 0.25) is 10.0 Å². The summed E-state index contributed by atoms with van der Waals surface area (Å²) in [7, 11) is 0. The third kappa shape index (κ3) is 3.13. The molecule has 1 N–H and O–H groups in total. The van der Waals surface area contributed by atoms with Gasteiger partial charge in [-0.2, -0.15) is 5.26 Å². The topological polar surface area (TPSA) is 52.9 Å². The molecule has 1 rings (SSSR count). The second-order valence-electron chi connectivity index (χ2n) is 3.85. The lowest BCUT2D eigenvalue weighted by atomic mass is 9.95. The molecule has 1 aromatic carbocycles. The maximum Gasteiger partial charge on any atom is 0.244 e. The number of nitrogens with zero attached hydrogens (tertiary/aromatic N) is 1. The number of carbonyl (C=O) groups excluding carboxylic acids is 1. The SMILES string of the molecule is CC(C)(C#N)C(=O)Nc1cc(Cl)cc(Cl)c1. The molecule has 0 bridgehead atoms. The third-order valence-corrected chi connectivity index (χ3v) is 2.40. The van der Waals surface area contributed by atoms with Gasteiger partial charge in [-0.1, -0.05) is 23.2 Å². The second kappa shape index (κ2) is 4.73. The van der Waals surface area contributed by atoms with Gasteiger partial charge in [-0.3, -0.25) is 4.79 Å². The highest BCUT2D eigenvalue weighted by atomic mass is 35.5. The van der Waals surface area contributed by atoms with Crippen molar-refractivity contribution in [1.82, 2.24) is 0 Å². The summed E-state index contributed by atoms with van der Waals surface area (Å²) in [6, 6.07) is 6.61. The fraction of sp³-hybridized carbons (Fsp3) is 0.273. The van der Waals surface area contributed by atoms with Crippen LogP contribution in [0, 0.1) is 16.7 Å². The zero-order chi connectivity index (χ0) is 12.3. The van der Waals surface area contributed by atoms with E-state index in [9.17, 15) is 4.79 Å². The highest BCUT2D eigenvalue weighted by Gasteiger charge is 2.27. The molecule has 0 unspecified atom stereocenters. The normalized spacial score (nSPS) is 10.7. The highest BCUT2D eigenvalue weighted by molar-refractivity contribution is 6.35. The molecule has 0 aliphatic carbocycles. The summed E-state index contributed by atoms with van der Waals surface area (Å²) >= 11 is 11.6. The molecule has 0 atom stereocenters. The van der Waals surface area contributed by atoms with Crippen molar-refractivity contribution < 1.29 is 4.79 Å². The molecule has 0 fully saturated rings. The first-order valence-electron chi connectivity index (χ1n) is 4.54. The van der Waals surface area contributed by atoms with Crippen molar-refractivity contribution in [3.63, 3.8) is 0 Å². The maximum atomic E-state index is 11.7. The van der Waals surface area contributed by atoms with Gasteiger partial charge in [-0.15, -0.1) is 0 Å². The van der Waals surface area contributed by atoms with Gasteiger partial charge in [0.25, 0.3) is 0 Å². The number of hydrogen-bond donors (Lipinski definition) is 1. The number of nitriles is 1. The van der Waals surface area contributed by atoms with Gasteiger partial charge >= 0.3 is 0 Å². The number of anilines is 1. The third-order valence-electron chi connectivity index (χ3n) is 1.97. The molecule has 3 nitrogen and oxygen atoms in total. The monoisotopic (exact) mass is 256 g/mol. The van der Waals surface area contributed by atoms with Gasteiger partial charge in [0.15, 0.2) is 0 Å². The van der Waals surface area contributed by atoms with Crippen LogP contribution in [0.4, 0.5) is 5.69 Å². The number of hydrogen-bond acceptors (Lipinski definition) is 2. The average molecular weight is 257 g/mol. The van der Waals surface area contributed by atoms with Crippen molar-refractivity contribution in [2.45, 2.75) is 13.8 Å². The number of carbonyl (C=O) groups is 1. The van der Waals surface area contributed by atoms with Crippen LogP contribution in [0.25, 0.3) is 0 Å². The van der Waals surface area contributed by atoms with Crippen molar-refractivity contribution >= 4 is 34.8 Å². The van der Waals surface area contributed by atoms with Gasteiger partial charge in [-0.25, -0.2) is 0 Å². The predicted molar refractivity (Wildman–Crippen MR) is 64.5 cm³/mol. The lowest BCUT2D eigenvalue weighted by Crippen LogP contribution is -2.29. The Labute approximate surface area is 104 Å². The number of halogens is 2. The first-order chi connectivity index (χ1) is 7.35. The number of nitrogens with one attached hydrogen (secondary N) is 1. The molecule has 0 aliphatic rings. The van der Waals surface area contributed by atoms with Crippen LogP contribution in [-0.2, 0) is 4.79 Å². The van der Waals surface area contributed by atoms with Crippen LogP contribution < -0.4 is 5.32 Å². The molecule has 0 radical (unpaired) electrons. The molecule has 0 saturated carbocycles. The Balaban J connectivity index is 2.90. The highest BCUT2D eigenvalue weighted by Crippen LogP contribution is 2.24. The van der Waals surface area contributed by atoms with Gasteiger partial charge in [-0.05, 0) is 32.0 Å². The fourth-order valence-electron chi connectivity index (χ4n) is 0.964. The van der Waals surface area contributed by atoms with E-state index in [2.05, 4.69) is 5.32 Å². The summed E-state index contributed by atoms with van der Waals surface area (Å²) in [5.74, 6) is -0.395. The number of rotatable bonds is 2. The molecule has 0 spiro atoms. The van der Waals surface area contributed by atoms with Crippen molar-refractivity contribution in [2.24, 2.45) is 5.41 Å². The van der Waals surface area contributed by atoms with E-state index in [-0.39, 0.29) is 0 Å². The molecule has 0 heterocycles. The van der Waals surface area contributed by atoms with Gasteiger partial charge in [0.1, 0.15) is 5.41 Å². The fourth-order valence-corrected chi connectivity index (χ4v) is 1.49. The van der Waals surface area contributed by atoms with Gasteiger partial charge in [0.05, 0.1) is 6.07 Å². The zero-order valence-corrected chi connectivity index (χ0v) is 10.4. The molecule has 0 saturated heterocycles. The van der Waals surface area contributed by atoms with E-state index in [1.54, 1.807) is 18.2 Å². The smallest absolute Gasteiger partial charge is 0.244 e. The summed E-state index contributed by atoms with van der Waals surface area (Å²) in [6.45, 7) is 3.07. The van der Waals surface area contributed by atoms with Crippen LogP contribution in [-0.4, -0.2) is 5.91 Å². The van der Waals surface area contributed by atoms with Crippen LogP contribution in [0.1, 0.15) is 13.8 Å². The van der Waals surface area contributed by atoms with Crippen molar-refractivity contribution in [2.75, 3.05) is 5.32 Å². The van der Waals surface area contributed by atoms with Crippen molar-refractivity contribution in [1.29, 1.82) is 5.26 Å². The minimum absolute atomic E-state index is 0.395. The molecule has 5 heteroatoms. The van der Waals surface area contributed by atoms with Crippen molar-refractivity contribution in [3.05, 3.63) is 28.2 Å². The Morgan fingerprint density at radius 2 is 1.81 bits per heavy atom. The van der Waals surface area contributed by atoms with E-state index in [1.807, 2.05) is 6.07 Å². The summed E-state index contributed by atoms with van der Waals surface area (Å²) < 4.78 is 0. The van der Waals surface area contributed by atoms with E-state index in [0.29, 0.717) is 15.7 Å². The lowest BCUT2D eigenvalue weighted by molar-refractivity contribution is -0.121. The predicted octanol–water partition coefficient (Wildman–Crippen LogP) is 3.48. The molecular weight excluding hydrogens is 247 g/mol. The standard InChI is InChI=1S/C11H10Cl2N2O/c1-11(2,6-14)10(16)15-9-4-7(12)3-8(13)5-9/h3-5H,1-2H3,(H,15,16). The molecule has 0 aromatic heterocycles. The minimum Gasteiger partial charge on any atom is -0.325 e. The number of amides is 1. The maximum absolute atomic E-state index is 11.7.